The number of rotatable bonds is 5. The minimum absolute atomic E-state index is 0.0763. The van der Waals surface area contributed by atoms with Gasteiger partial charge in [-0.3, -0.25) is 10.1 Å². The van der Waals surface area contributed by atoms with Crippen LogP contribution in [0.5, 0.6) is 5.75 Å². The molecule has 1 aliphatic rings. The van der Waals surface area contributed by atoms with Gasteiger partial charge < -0.3 is 19.3 Å². The number of methoxy groups -OCH3 is 2. The number of piperazine rings is 1. The van der Waals surface area contributed by atoms with E-state index in [0.717, 1.165) is 5.69 Å². The van der Waals surface area contributed by atoms with Crippen LogP contribution in [0.2, 0.25) is 0 Å². The second-order valence-electron chi connectivity index (χ2n) is 6.24. The topological polar surface area (TPSA) is 85.2 Å². The Morgan fingerprint density at radius 1 is 1.07 bits per heavy atom. The minimum Gasteiger partial charge on any atom is -0.494 e. The van der Waals surface area contributed by atoms with E-state index in [1.54, 1.807) is 12.1 Å². The molecule has 148 valence electrons. The highest BCUT2D eigenvalue weighted by molar-refractivity contribution is 5.95. The number of benzene rings is 2. The van der Waals surface area contributed by atoms with E-state index in [2.05, 4.69) is 9.64 Å². The van der Waals surface area contributed by atoms with E-state index in [-0.39, 0.29) is 17.1 Å². The van der Waals surface area contributed by atoms with E-state index in [1.807, 2.05) is 4.90 Å². The standard InChI is InChI=1S/C19H20FN3O5/c1-27-18-11-13(20)3-5-17(18)22-9-7-21(8-10-22)14-4-6-16(23(25)26)15(12-14)19(24)28-2/h3-6,11-12H,7-10H2,1-2H3. The molecule has 28 heavy (non-hydrogen) atoms. The highest BCUT2D eigenvalue weighted by Crippen LogP contribution is 2.31. The monoisotopic (exact) mass is 389 g/mol. The van der Waals surface area contributed by atoms with E-state index < -0.39 is 10.9 Å². The zero-order chi connectivity index (χ0) is 20.3. The maximum atomic E-state index is 13.4. The van der Waals surface area contributed by atoms with Crippen LogP contribution in [0.3, 0.4) is 0 Å². The molecular formula is C19H20FN3O5. The Balaban J connectivity index is 1.78. The molecule has 1 saturated heterocycles. The van der Waals surface area contributed by atoms with Gasteiger partial charge in [-0.2, -0.15) is 0 Å². The summed E-state index contributed by atoms with van der Waals surface area (Å²) >= 11 is 0. The Kier molecular flexibility index (Phi) is 5.62. The molecule has 2 aromatic carbocycles. The quantitative estimate of drug-likeness (QED) is 0.442. The van der Waals surface area contributed by atoms with Crippen LogP contribution in [0.15, 0.2) is 36.4 Å². The molecule has 0 bridgehead atoms. The summed E-state index contributed by atoms with van der Waals surface area (Å²) in [5.41, 5.74) is 1.15. The van der Waals surface area contributed by atoms with E-state index in [4.69, 9.17) is 4.74 Å². The molecule has 0 spiro atoms. The van der Waals surface area contributed by atoms with Crippen LogP contribution in [-0.4, -0.2) is 51.3 Å². The van der Waals surface area contributed by atoms with Gasteiger partial charge in [0.15, 0.2) is 0 Å². The first-order valence-electron chi connectivity index (χ1n) is 8.64. The van der Waals surface area contributed by atoms with E-state index in [1.165, 1.54) is 38.5 Å². The maximum Gasteiger partial charge on any atom is 0.344 e. The number of nitrogens with zero attached hydrogens (tertiary/aromatic N) is 3. The number of carbonyl (C=O) groups is 1. The van der Waals surface area contributed by atoms with Gasteiger partial charge >= 0.3 is 5.97 Å². The smallest absolute Gasteiger partial charge is 0.344 e. The van der Waals surface area contributed by atoms with Crippen LogP contribution in [0.4, 0.5) is 21.5 Å². The molecule has 0 aliphatic carbocycles. The van der Waals surface area contributed by atoms with Gasteiger partial charge in [-0.1, -0.05) is 0 Å². The molecule has 1 fully saturated rings. The summed E-state index contributed by atoms with van der Waals surface area (Å²) in [6.45, 7) is 2.54. The number of ether oxygens (including phenoxy) is 2. The molecule has 3 rings (SSSR count). The molecule has 0 atom stereocenters. The van der Waals surface area contributed by atoms with Gasteiger partial charge in [0, 0.05) is 44.0 Å². The van der Waals surface area contributed by atoms with Crippen LogP contribution in [-0.2, 0) is 4.74 Å². The number of hydrogen-bond donors (Lipinski definition) is 0. The maximum absolute atomic E-state index is 13.4. The Morgan fingerprint density at radius 2 is 1.75 bits per heavy atom. The molecule has 0 aromatic heterocycles. The average molecular weight is 389 g/mol. The molecule has 0 saturated carbocycles. The van der Waals surface area contributed by atoms with Crippen molar-refractivity contribution in [3.8, 4) is 5.75 Å². The third-order valence-electron chi connectivity index (χ3n) is 4.71. The SMILES string of the molecule is COC(=O)c1cc(N2CCN(c3ccc(F)cc3OC)CC2)ccc1[N+](=O)[O-]. The van der Waals surface area contributed by atoms with E-state index in [0.29, 0.717) is 37.6 Å². The van der Waals surface area contributed by atoms with E-state index >= 15 is 0 Å². The average Bonchev–Trinajstić information content (AvgIpc) is 2.72. The predicted molar refractivity (Wildman–Crippen MR) is 102 cm³/mol. The lowest BCUT2D eigenvalue weighted by Gasteiger charge is -2.37. The number of nitro groups is 1. The summed E-state index contributed by atoms with van der Waals surface area (Å²) < 4.78 is 23.3. The van der Waals surface area contributed by atoms with Crippen LogP contribution in [0, 0.1) is 15.9 Å². The zero-order valence-corrected chi connectivity index (χ0v) is 15.6. The molecule has 0 radical (unpaired) electrons. The third-order valence-corrected chi connectivity index (χ3v) is 4.71. The lowest BCUT2D eigenvalue weighted by atomic mass is 10.1. The molecule has 1 heterocycles. The minimum atomic E-state index is -0.747. The predicted octanol–water partition coefficient (Wildman–Crippen LogP) is 2.86. The summed E-state index contributed by atoms with van der Waals surface area (Å²) in [5.74, 6) is -0.638. The lowest BCUT2D eigenvalue weighted by Crippen LogP contribution is -2.46. The van der Waals surface area contributed by atoms with Crippen molar-refractivity contribution >= 4 is 23.0 Å². The number of esters is 1. The first kappa shape index (κ1) is 19.4. The molecule has 0 amide bonds. The van der Waals surface area contributed by atoms with Crippen LogP contribution >= 0.6 is 0 Å². The fraction of sp³-hybridized carbons (Fsp3) is 0.316. The molecule has 2 aromatic rings. The van der Waals surface area contributed by atoms with Gasteiger partial charge in [0.25, 0.3) is 5.69 Å². The Hall–Kier alpha value is -3.36. The number of nitro benzene ring substituents is 1. The van der Waals surface area contributed by atoms with Gasteiger partial charge in [0.05, 0.1) is 24.8 Å². The van der Waals surface area contributed by atoms with Crippen LogP contribution in [0.25, 0.3) is 0 Å². The van der Waals surface area contributed by atoms with Gasteiger partial charge in [-0.05, 0) is 24.3 Å². The van der Waals surface area contributed by atoms with Crippen molar-refractivity contribution < 1.29 is 23.6 Å². The lowest BCUT2D eigenvalue weighted by molar-refractivity contribution is -0.385. The first-order chi connectivity index (χ1) is 13.4. The van der Waals surface area contributed by atoms with Crippen LogP contribution < -0.4 is 14.5 Å². The van der Waals surface area contributed by atoms with Crippen molar-refractivity contribution in [2.45, 2.75) is 0 Å². The summed E-state index contributed by atoms with van der Waals surface area (Å²) in [4.78, 5) is 26.6. The molecular weight excluding hydrogens is 369 g/mol. The van der Waals surface area contributed by atoms with Crippen molar-refractivity contribution in [2.75, 3.05) is 50.2 Å². The number of hydrogen-bond acceptors (Lipinski definition) is 7. The normalized spacial score (nSPS) is 14.0. The summed E-state index contributed by atoms with van der Waals surface area (Å²) in [5, 5.41) is 11.2. The highest BCUT2D eigenvalue weighted by Gasteiger charge is 2.25. The van der Waals surface area contributed by atoms with Crippen molar-refractivity contribution in [1.82, 2.24) is 0 Å². The zero-order valence-electron chi connectivity index (χ0n) is 15.6. The molecule has 1 aliphatic heterocycles. The largest absolute Gasteiger partial charge is 0.494 e. The van der Waals surface area contributed by atoms with Crippen molar-refractivity contribution in [1.29, 1.82) is 0 Å². The number of anilines is 2. The fourth-order valence-electron chi connectivity index (χ4n) is 3.27. The molecule has 0 unspecified atom stereocenters. The Bertz CT molecular complexity index is 897. The second kappa shape index (κ2) is 8.12. The van der Waals surface area contributed by atoms with Crippen molar-refractivity contribution in [2.24, 2.45) is 0 Å². The number of halogens is 1. The molecule has 0 N–H and O–H groups in total. The Labute approximate surface area is 161 Å². The number of carbonyl (C=O) groups excluding carboxylic acids is 1. The van der Waals surface area contributed by atoms with Gasteiger partial charge in [0.1, 0.15) is 17.1 Å². The van der Waals surface area contributed by atoms with Crippen LogP contribution in [0.1, 0.15) is 10.4 Å². The molecule has 9 heteroatoms. The van der Waals surface area contributed by atoms with Gasteiger partial charge in [-0.15, -0.1) is 0 Å². The summed E-state index contributed by atoms with van der Waals surface area (Å²) in [7, 11) is 2.69. The Morgan fingerprint density at radius 3 is 2.36 bits per heavy atom. The van der Waals surface area contributed by atoms with Crippen molar-refractivity contribution in [3.05, 3.63) is 57.9 Å². The highest BCUT2D eigenvalue weighted by atomic mass is 19.1. The van der Waals surface area contributed by atoms with Crippen molar-refractivity contribution in [3.63, 3.8) is 0 Å². The fourth-order valence-corrected chi connectivity index (χ4v) is 3.27. The van der Waals surface area contributed by atoms with Gasteiger partial charge in [0.2, 0.25) is 0 Å². The first-order valence-corrected chi connectivity index (χ1v) is 8.64. The summed E-state index contributed by atoms with van der Waals surface area (Å²) in [6.07, 6.45) is 0. The second-order valence-corrected chi connectivity index (χ2v) is 6.24. The van der Waals surface area contributed by atoms with E-state index in [9.17, 15) is 19.3 Å². The molecule has 8 nitrogen and oxygen atoms in total. The van der Waals surface area contributed by atoms with Gasteiger partial charge in [-0.25, -0.2) is 9.18 Å². The third kappa shape index (κ3) is 3.83. The summed E-state index contributed by atoms with van der Waals surface area (Å²) in [6, 6.07) is 8.85.